The number of hydrogen-bond donors (Lipinski definition) is 2. The summed E-state index contributed by atoms with van der Waals surface area (Å²) in [6.07, 6.45) is 0.947. The average Bonchev–Trinajstić information content (AvgIpc) is 1.86. The van der Waals surface area contributed by atoms with Crippen LogP contribution in [0, 0.1) is 11.3 Å². The summed E-state index contributed by atoms with van der Waals surface area (Å²) >= 11 is 0. The second-order valence-electron chi connectivity index (χ2n) is 2.44. The van der Waals surface area contributed by atoms with Gasteiger partial charge in [-0.2, -0.15) is 0 Å². The minimum atomic E-state index is -3.66. The minimum absolute atomic E-state index is 0.112. The number of carbonyl (C=O) groups is 1. The van der Waals surface area contributed by atoms with E-state index >= 15 is 0 Å². The van der Waals surface area contributed by atoms with E-state index in [1.807, 2.05) is 0 Å². The van der Waals surface area contributed by atoms with Crippen molar-refractivity contribution in [2.45, 2.75) is 13.3 Å². The second-order valence-corrected chi connectivity index (χ2v) is 4.42. The van der Waals surface area contributed by atoms with Gasteiger partial charge in [-0.25, -0.2) is 8.42 Å². The van der Waals surface area contributed by atoms with E-state index in [9.17, 15) is 13.2 Å². The molecule has 0 aromatic rings. The predicted molar refractivity (Wildman–Crippen MR) is 44.0 cm³/mol. The van der Waals surface area contributed by atoms with Crippen LogP contribution in [-0.4, -0.2) is 30.8 Å². The molecule has 6 heteroatoms. The highest BCUT2D eigenvalue weighted by molar-refractivity contribution is 8.05. The van der Waals surface area contributed by atoms with Gasteiger partial charge in [0.25, 0.3) is 0 Å². The van der Waals surface area contributed by atoms with Crippen molar-refractivity contribution in [2.75, 3.05) is 6.26 Å². The molecule has 5 nitrogen and oxygen atoms in total. The van der Waals surface area contributed by atoms with Crippen molar-refractivity contribution in [3.63, 3.8) is 0 Å². The van der Waals surface area contributed by atoms with Gasteiger partial charge in [-0.3, -0.25) is 10.2 Å². The molecule has 0 saturated carbocycles. The van der Waals surface area contributed by atoms with Crippen LogP contribution >= 0.6 is 0 Å². The third kappa shape index (κ3) is 2.61. The lowest BCUT2D eigenvalue weighted by molar-refractivity contribution is -0.139. The van der Waals surface area contributed by atoms with Gasteiger partial charge in [0.05, 0.1) is 0 Å². The zero-order valence-corrected chi connectivity index (χ0v) is 7.68. The molecule has 70 valence electrons. The molecular formula is C6H11NO4S. The molecule has 0 rings (SSSR count). The Morgan fingerprint density at radius 3 is 2.08 bits per heavy atom. The van der Waals surface area contributed by atoms with Crippen molar-refractivity contribution in [1.82, 2.24) is 0 Å². The van der Waals surface area contributed by atoms with Crippen LogP contribution in [0.2, 0.25) is 0 Å². The molecule has 1 atom stereocenters. The second kappa shape index (κ2) is 3.66. The monoisotopic (exact) mass is 193 g/mol. The summed E-state index contributed by atoms with van der Waals surface area (Å²) in [6.45, 7) is 1.53. The van der Waals surface area contributed by atoms with Gasteiger partial charge in [0.2, 0.25) is 0 Å². The van der Waals surface area contributed by atoms with E-state index in [-0.39, 0.29) is 6.42 Å². The van der Waals surface area contributed by atoms with Crippen LogP contribution < -0.4 is 0 Å². The molecule has 0 radical (unpaired) electrons. The molecule has 0 aliphatic rings. The van der Waals surface area contributed by atoms with Gasteiger partial charge >= 0.3 is 5.97 Å². The molecule has 0 bridgehead atoms. The van der Waals surface area contributed by atoms with Gasteiger partial charge in [-0.05, 0) is 6.42 Å². The summed E-state index contributed by atoms with van der Waals surface area (Å²) in [6, 6.07) is 0. The number of carboxylic acids is 1. The summed E-state index contributed by atoms with van der Waals surface area (Å²) in [5.41, 5.74) is 0. The van der Waals surface area contributed by atoms with Crippen LogP contribution in [-0.2, 0) is 14.6 Å². The zero-order chi connectivity index (χ0) is 9.94. The van der Waals surface area contributed by atoms with Crippen molar-refractivity contribution in [3.05, 3.63) is 0 Å². The number of carboxylic acid groups (broad SMARTS) is 1. The Labute approximate surface area is 70.8 Å². The SMILES string of the molecule is CC[C@@H](C(=N)S(C)(=O)=O)C(=O)O. The van der Waals surface area contributed by atoms with Crippen molar-refractivity contribution in [2.24, 2.45) is 5.92 Å². The van der Waals surface area contributed by atoms with Crippen LogP contribution in [0.5, 0.6) is 0 Å². The third-order valence-corrected chi connectivity index (χ3v) is 2.51. The van der Waals surface area contributed by atoms with Crippen LogP contribution in [0.1, 0.15) is 13.3 Å². The number of nitrogens with one attached hydrogen (secondary N) is 1. The van der Waals surface area contributed by atoms with E-state index in [4.69, 9.17) is 10.5 Å². The summed E-state index contributed by atoms with van der Waals surface area (Å²) in [5.74, 6) is -2.48. The fourth-order valence-corrected chi connectivity index (χ4v) is 1.51. The molecule has 0 aliphatic carbocycles. The molecule has 0 amide bonds. The molecule has 0 fully saturated rings. The Kier molecular flexibility index (Phi) is 3.38. The standard InChI is InChI=1S/C6H11NO4S/c1-3-4(6(8)9)5(7)12(2,10)11/h4,7H,3H2,1-2H3,(H,8,9)/t4-/m0/s1. The molecule has 0 aliphatic heterocycles. The Hall–Kier alpha value is -0.910. The third-order valence-electron chi connectivity index (χ3n) is 1.42. The van der Waals surface area contributed by atoms with E-state index < -0.39 is 26.8 Å². The Bertz CT molecular complexity index is 293. The van der Waals surface area contributed by atoms with Crippen molar-refractivity contribution >= 4 is 20.9 Å². The maximum Gasteiger partial charge on any atom is 0.313 e. The van der Waals surface area contributed by atoms with Crippen molar-refractivity contribution < 1.29 is 18.3 Å². The fourth-order valence-electron chi connectivity index (χ4n) is 0.731. The Morgan fingerprint density at radius 2 is 2.00 bits per heavy atom. The first kappa shape index (κ1) is 11.1. The van der Waals surface area contributed by atoms with Crippen LogP contribution in [0.4, 0.5) is 0 Å². The quantitative estimate of drug-likeness (QED) is 0.491. The zero-order valence-electron chi connectivity index (χ0n) is 6.86. The van der Waals surface area contributed by atoms with E-state index in [0.29, 0.717) is 0 Å². The molecule has 0 unspecified atom stereocenters. The molecule has 12 heavy (non-hydrogen) atoms. The largest absolute Gasteiger partial charge is 0.481 e. The summed E-state index contributed by atoms with van der Waals surface area (Å²) < 4.78 is 21.5. The topological polar surface area (TPSA) is 95.3 Å². The van der Waals surface area contributed by atoms with Crippen molar-refractivity contribution in [1.29, 1.82) is 5.41 Å². The highest BCUT2D eigenvalue weighted by atomic mass is 32.2. The molecule has 0 aromatic carbocycles. The average molecular weight is 193 g/mol. The van der Waals surface area contributed by atoms with E-state index in [1.165, 1.54) is 6.92 Å². The summed E-state index contributed by atoms with van der Waals surface area (Å²) in [7, 11) is -3.66. The summed E-state index contributed by atoms with van der Waals surface area (Å²) in [5, 5.41) is 14.8. The van der Waals surface area contributed by atoms with Gasteiger partial charge in [0.15, 0.2) is 9.84 Å². The lowest BCUT2D eigenvalue weighted by Crippen LogP contribution is -2.28. The number of sulfone groups is 1. The lowest BCUT2D eigenvalue weighted by atomic mass is 10.1. The first-order chi connectivity index (χ1) is 5.30. The van der Waals surface area contributed by atoms with Crippen LogP contribution in [0.25, 0.3) is 0 Å². The maximum absolute atomic E-state index is 10.7. The fraction of sp³-hybridized carbons (Fsp3) is 0.667. The Balaban J connectivity index is 4.79. The number of rotatable bonds is 3. The first-order valence-electron chi connectivity index (χ1n) is 3.32. The Morgan fingerprint density at radius 1 is 1.58 bits per heavy atom. The molecular weight excluding hydrogens is 182 g/mol. The van der Waals surface area contributed by atoms with Gasteiger partial charge < -0.3 is 5.11 Å². The van der Waals surface area contributed by atoms with Gasteiger partial charge in [-0.15, -0.1) is 0 Å². The smallest absolute Gasteiger partial charge is 0.313 e. The highest BCUT2D eigenvalue weighted by Crippen LogP contribution is 2.08. The molecule has 0 aromatic heterocycles. The molecule has 0 spiro atoms. The van der Waals surface area contributed by atoms with Crippen LogP contribution in [0.3, 0.4) is 0 Å². The van der Waals surface area contributed by atoms with Gasteiger partial charge in [0, 0.05) is 6.26 Å². The number of aliphatic carboxylic acids is 1. The molecule has 0 saturated heterocycles. The van der Waals surface area contributed by atoms with Gasteiger partial charge in [-0.1, -0.05) is 6.92 Å². The highest BCUT2D eigenvalue weighted by Gasteiger charge is 2.27. The van der Waals surface area contributed by atoms with E-state index in [2.05, 4.69) is 0 Å². The maximum atomic E-state index is 10.7. The first-order valence-corrected chi connectivity index (χ1v) is 5.21. The number of hydrogen-bond acceptors (Lipinski definition) is 4. The van der Waals surface area contributed by atoms with E-state index in [0.717, 1.165) is 6.26 Å². The summed E-state index contributed by atoms with van der Waals surface area (Å²) in [4.78, 5) is 10.4. The van der Waals surface area contributed by atoms with Gasteiger partial charge in [0.1, 0.15) is 11.0 Å². The van der Waals surface area contributed by atoms with E-state index in [1.54, 1.807) is 0 Å². The predicted octanol–water partition coefficient (Wildman–Crippen LogP) is 0.119. The lowest BCUT2D eigenvalue weighted by Gasteiger charge is -2.08. The molecule has 0 heterocycles. The normalized spacial score (nSPS) is 13.8. The van der Waals surface area contributed by atoms with Crippen LogP contribution in [0.15, 0.2) is 0 Å². The molecule has 2 N–H and O–H groups in total. The minimum Gasteiger partial charge on any atom is -0.481 e. The van der Waals surface area contributed by atoms with Crippen molar-refractivity contribution in [3.8, 4) is 0 Å².